The second kappa shape index (κ2) is 41.1. The zero-order valence-electron chi connectivity index (χ0n) is 59.6. The molecule has 18 nitrogen and oxygen atoms in total. The van der Waals surface area contributed by atoms with E-state index in [9.17, 15) is 19.2 Å². The number of halogens is 2. The van der Waals surface area contributed by atoms with Crippen molar-refractivity contribution in [3.05, 3.63) is 168 Å². The Balaban J connectivity index is 0.000000220. The maximum absolute atomic E-state index is 11.3. The third kappa shape index (κ3) is 25.3. The minimum absolute atomic E-state index is 0.00628. The molecule has 0 bridgehead atoms. The summed E-state index contributed by atoms with van der Waals surface area (Å²) in [5.41, 5.74) is 25.0. The lowest BCUT2D eigenvalue weighted by Gasteiger charge is -2.22. The van der Waals surface area contributed by atoms with Crippen LogP contribution in [0, 0.1) is 17.8 Å². The molecular weight excluding hydrogens is 1350 g/mol. The first-order chi connectivity index (χ1) is 46.5. The van der Waals surface area contributed by atoms with Crippen LogP contribution in [0.5, 0.6) is 28.7 Å². The predicted octanol–water partition coefficient (Wildman–Crippen LogP) is 13.6. The second-order valence-corrected chi connectivity index (χ2v) is 27.0. The Hall–Kier alpha value is -8.20. The number of hydrogen-bond acceptors (Lipinski definition) is 12. The van der Waals surface area contributed by atoms with E-state index in [1.165, 1.54) is 61.3 Å². The number of ether oxygens (including phenoxy) is 5. The molecule has 2 aliphatic rings. The number of amides is 4. The molecule has 20 heteroatoms. The average Bonchev–Trinajstić information content (AvgIpc) is 1.69. The number of carbonyl (C=O) groups excluding carboxylic acids is 4. The van der Waals surface area contributed by atoms with Crippen LogP contribution in [-0.4, -0.2) is 112 Å². The Labute approximate surface area is 592 Å². The van der Waals surface area contributed by atoms with Gasteiger partial charge in [0.05, 0.1) is 72.6 Å². The number of rotatable bonds is 27. The van der Waals surface area contributed by atoms with Gasteiger partial charge in [-0.2, -0.15) is 0 Å². The lowest BCUT2D eigenvalue weighted by atomic mass is 9.92. The van der Waals surface area contributed by atoms with Crippen molar-refractivity contribution in [2.45, 2.75) is 134 Å². The molecule has 524 valence electrons. The lowest BCUT2D eigenvalue weighted by molar-refractivity contribution is -0.122. The van der Waals surface area contributed by atoms with E-state index in [1.807, 2.05) is 50.6 Å². The molecule has 0 spiro atoms. The largest absolute Gasteiger partial charge is 0.496 e. The molecule has 2 aromatic heterocycles. The van der Waals surface area contributed by atoms with Gasteiger partial charge in [-0.25, -0.2) is 9.97 Å². The number of nitrogens with two attached hydrogens (primary N) is 1. The van der Waals surface area contributed by atoms with Gasteiger partial charge in [0.1, 0.15) is 33.4 Å². The summed E-state index contributed by atoms with van der Waals surface area (Å²) in [6.07, 6.45) is 16.5. The summed E-state index contributed by atoms with van der Waals surface area (Å²) in [5.74, 6) is 6.09. The molecule has 7 aromatic rings. The highest BCUT2D eigenvalue weighted by molar-refractivity contribution is 9.11. The number of aromatic nitrogens is 4. The fourth-order valence-corrected chi connectivity index (χ4v) is 12.7. The topological polar surface area (TPSA) is 224 Å². The van der Waals surface area contributed by atoms with Gasteiger partial charge in [0.25, 0.3) is 0 Å². The maximum atomic E-state index is 11.3. The van der Waals surface area contributed by atoms with Crippen molar-refractivity contribution in [1.29, 1.82) is 0 Å². The van der Waals surface area contributed by atoms with Crippen molar-refractivity contribution in [1.82, 2.24) is 40.4 Å². The Morgan fingerprint density at radius 2 is 1.00 bits per heavy atom. The van der Waals surface area contributed by atoms with Gasteiger partial charge in [-0.1, -0.05) is 101 Å². The fourth-order valence-electron chi connectivity index (χ4n) is 11.3. The van der Waals surface area contributed by atoms with Crippen LogP contribution >= 0.6 is 31.9 Å². The van der Waals surface area contributed by atoms with Gasteiger partial charge in [-0.15, -0.1) is 0 Å². The van der Waals surface area contributed by atoms with Gasteiger partial charge in [-0.05, 0) is 222 Å². The van der Waals surface area contributed by atoms with E-state index in [0.717, 1.165) is 124 Å². The standard InChI is InChI=1S/C16H18Br2N2O.C16H24N2O3.C16H22N2O3.C16H20N2O.C13H19NO/c1-9(2)6-11-7-12-10(8-13(11)21-3)4-5-20-14(12)15(17)19-16(20)18;2*1-12(2)8-14-5-4-13(9-15(14)21-3)6-7-18-16(20)10-17-11-19;1-11(2)6-13-7-14-12(8-16(13)19-3)4-5-18-10-17-9-15(14)18;1-10(2)8-12-5-4-11(6-7-14)9-13(12)15-3/h7-9H,4-6H2,1-3H3;4-5,9,11-12H,6-8,10H2,1-3H3,(H,17,19)(H,18,20);4-5,8-9,11H,6-7,10H2,1-3H3,(H,17,19)(H,18,20);7-11H,4-6H2,1-3H3;4-5,8-9H,6-7,14H2,1-3H3. The Morgan fingerprint density at radius 1 is 0.567 bits per heavy atom. The van der Waals surface area contributed by atoms with Crippen LogP contribution in [-0.2, 0) is 83.6 Å². The molecule has 9 rings (SSSR count). The molecule has 0 saturated carbocycles. The van der Waals surface area contributed by atoms with Gasteiger partial charge in [0, 0.05) is 48.4 Å². The summed E-state index contributed by atoms with van der Waals surface area (Å²) in [5, 5.41) is 10.1. The van der Waals surface area contributed by atoms with E-state index in [-0.39, 0.29) is 24.9 Å². The first-order valence-electron chi connectivity index (χ1n) is 33.2. The molecule has 97 heavy (non-hydrogen) atoms. The van der Waals surface area contributed by atoms with Crippen LogP contribution in [0.3, 0.4) is 0 Å². The number of fused-ring (bicyclic) bond motifs is 6. The summed E-state index contributed by atoms with van der Waals surface area (Å²) in [4.78, 5) is 51.6. The molecule has 5 aromatic carbocycles. The molecule has 4 amide bonds. The predicted molar refractivity (Wildman–Crippen MR) is 399 cm³/mol. The second-order valence-electron chi connectivity index (χ2n) is 25.6. The number of imidazole rings is 2. The Bertz CT molecular complexity index is 3750. The number of methoxy groups -OCH3 is 5. The highest BCUT2D eigenvalue weighted by Crippen LogP contribution is 2.41. The molecule has 6 N–H and O–H groups in total. The smallest absolute Gasteiger partial charge is 0.239 e. The highest BCUT2D eigenvalue weighted by atomic mass is 79.9. The zero-order chi connectivity index (χ0) is 71.1. The monoisotopic (exact) mass is 1460 g/mol. The molecular formula is C77H103Br2N9O9. The van der Waals surface area contributed by atoms with Crippen LogP contribution in [0.2, 0.25) is 0 Å². The van der Waals surface area contributed by atoms with E-state index < -0.39 is 0 Å². The van der Waals surface area contributed by atoms with Gasteiger partial charge in [0.2, 0.25) is 24.6 Å². The Morgan fingerprint density at radius 3 is 1.46 bits per heavy atom. The zero-order valence-corrected chi connectivity index (χ0v) is 62.8. The Kier molecular flexibility index (Phi) is 33.7. The van der Waals surface area contributed by atoms with Gasteiger partial charge < -0.3 is 59.8 Å². The average molecular weight is 1460 g/mol. The van der Waals surface area contributed by atoms with Crippen molar-refractivity contribution >= 4 is 68.6 Å². The molecule has 0 unspecified atom stereocenters. The number of benzene rings is 5. The van der Waals surface area contributed by atoms with Crippen LogP contribution in [0.1, 0.15) is 125 Å². The van der Waals surface area contributed by atoms with Gasteiger partial charge >= 0.3 is 0 Å². The molecule has 0 saturated heterocycles. The van der Waals surface area contributed by atoms with Crippen LogP contribution < -0.4 is 50.7 Å². The van der Waals surface area contributed by atoms with E-state index in [0.29, 0.717) is 56.6 Å². The summed E-state index contributed by atoms with van der Waals surface area (Å²) in [7, 11) is 8.54. The molecule has 0 radical (unpaired) electrons. The van der Waals surface area contributed by atoms with E-state index in [1.54, 1.807) is 35.5 Å². The summed E-state index contributed by atoms with van der Waals surface area (Å²) < 4.78 is 33.6. The molecule has 0 aliphatic carbocycles. The van der Waals surface area contributed by atoms with E-state index in [2.05, 4.69) is 194 Å². The third-order valence-electron chi connectivity index (χ3n) is 15.7. The number of nitrogens with one attached hydrogen (secondary N) is 4. The minimum atomic E-state index is -0.199. The molecule has 2 aliphatic heterocycles. The van der Waals surface area contributed by atoms with Crippen molar-refractivity contribution in [2.75, 3.05) is 68.3 Å². The first kappa shape index (κ1) is 79.5. The van der Waals surface area contributed by atoms with Crippen LogP contribution in [0.25, 0.3) is 34.7 Å². The SMILES string of the molecule is COc1cc(CCN)ccc1C=C(C)C.COc1cc(CCNC(=O)CNC=O)ccc1C=C(C)C.COc1cc(CCNC(=O)CNC=O)ccc1CC(C)C.COc1cc2c(cc1CC(C)C)-c1c(Br)nc(Br)n1CC2.COc1cc2c(cc1CC(C)C)-c1cncn1CC2. The number of allylic oxidation sites excluding steroid dienone is 2. The summed E-state index contributed by atoms with van der Waals surface area (Å²) in [6, 6.07) is 27.4. The maximum Gasteiger partial charge on any atom is 0.239 e. The number of nitrogens with zero attached hydrogens (tertiary/aromatic N) is 4. The van der Waals surface area contributed by atoms with Crippen molar-refractivity contribution in [3.63, 3.8) is 0 Å². The number of carbonyl (C=O) groups is 4. The van der Waals surface area contributed by atoms with Crippen molar-refractivity contribution in [3.8, 4) is 51.3 Å². The van der Waals surface area contributed by atoms with Crippen LogP contribution in [0.15, 0.2) is 112 Å². The minimum Gasteiger partial charge on any atom is -0.496 e. The van der Waals surface area contributed by atoms with Gasteiger partial charge in [0.15, 0.2) is 4.73 Å². The number of aryl methyl sites for hydroxylation is 3. The first-order valence-corrected chi connectivity index (χ1v) is 34.8. The molecule has 0 fully saturated rings. The van der Waals surface area contributed by atoms with Crippen molar-refractivity contribution in [2.24, 2.45) is 23.5 Å². The molecule has 4 heterocycles. The third-order valence-corrected chi connectivity index (χ3v) is 16.8. The van der Waals surface area contributed by atoms with E-state index in [4.69, 9.17) is 29.4 Å². The van der Waals surface area contributed by atoms with Gasteiger partial charge in [-0.3, -0.25) is 19.2 Å². The quantitative estimate of drug-likeness (QED) is 0.0303. The van der Waals surface area contributed by atoms with E-state index >= 15 is 0 Å². The summed E-state index contributed by atoms with van der Waals surface area (Å²) in [6.45, 7) is 25.2. The highest BCUT2D eigenvalue weighted by Gasteiger charge is 2.25. The normalized spacial score (nSPS) is 11.3. The fraction of sp³-hybridized carbons (Fsp3) is 0.429. The molecule has 0 atom stereocenters. The number of hydrogen-bond donors (Lipinski definition) is 5. The summed E-state index contributed by atoms with van der Waals surface area (Å²) >= 11 is 7.13. The lowest BCUT2D eigenvalue weighted by Crippen LogP contribution is -2.34. The van der Waals surface area contributed by atoms with Crippen LogP contribution in [0.4, 0.5) is 0 Å². The van der Waals surface area contributed by atoms with Crippen molar-refractivity contribution < 1.29 is 42.9 Å².